The zero-order valence-electron chi connectivity index (χ0n) is 12.1. The van der Waals surface area contributed by atoms with Crippen LogP contribution >= 0.6 is 0 Å². The predicted molar refractivity (Wildman–Crippen MR) is 79.9 cm³/mol. The fourth-order valence-corrected chi connectivity index (χ4v) is 4.74. The van der Waals surface area contributed by atoms with Crippen molar-refractivity contribution in [2.24, 2.45) is 0 Å². The summed E-state index contributed by atoms with van der Waals surface area (Å²) in [4.78, 5) is 11.7. The van der Waals surface area contributed by atoms with Gasteiger partial charge < -0.3 is 9.16 Å². The number of carbonyl (C=O) groups excluding carboxylic acids is 1. The normalized spacial score (nSPS) is 11.3. The monoisotopic (exact) mass is 280 g/mol. The van der Waals surface area contributed by atoms with E-state index in [1.54, 1.807) is 12.1 Å². The Bertz CT molecular complexity index is 366. The number of ether oxygens (including phenoxy) is 1. The number of hydrogen-bond donors (Lipinski definition) is 0. The molecule has 0 atom stereocenters. The van der Waals surface area contributed by atoms with Gasteiger partial charge in [-0.25, -0.2) is 4.79 Å². The lowest BCUT2D eigenvalue weighted by Crippen LogP contribution is -2.37. The van der Waals surface area contributed by atoms with Crippen LogP contribution in [0.1, 0.15) is 31.1 Å². The molecule has 0 aliphatic rings. The van der Waals surface area contributed by atoms with E-state index in [1.165, 1.54) is 0 Å². The quantitative estimate of drug-likeness (QED) is 0.412. The summed E-state index contributed by atoms with van der Waals surface area (Å²) in [5, 5.41) is 0. The SMILES string of the molecule is CC[Si](CC)(CC)OCCOC(=O)c1ccccc1. The van der Waals surface area contributed by atoms with Crippen LogP contribution in [0.3, 0.4) is 0 Å². The second kappa shape index (κ2) is 8.12. The highest BCUT2D eigenvalue weighted by molar-refractivity contribution is 6.73. The molecule has 0 heterocycles. The molecule has 0 fully saturated rings. The molecule has 0 bridgehead atoms. The third-order valence-corrected chi connectivity index (χ3v) is 8.35. The van der Waals surface area contributed by atoms with Crippen molar-refractivity contribution in [2.45, 2.75) is 38.9 Å². The Hall–Kier alpha value is -1.13. The highest BCUT2D eigenvalue weighted by Crippen LogP contribution is 2.21. The molecule has 0 aliphatic heterocycles. The Balaban J connectivity index is 2.33. The average Bonchev–Trinajstić information content (AvgIpc) is 2.49. The molecular weight excluding hydrogens is 256 g/mol. The van der Waals surface area contributed by atoms with Crippen molar-refractivity contribution in [3.8, 4) is 0 Å². The van der Waals surface area contributed by atoms with E-state index in [-0.39, 0.29) is 5.97 Å². The summed E-state index contributed by atoms with van der Waals surface area (Å²) >= 11 is 0. The van der Waals surface area contributed by atoms with Crippen LogP contribution in [0.15, 0.2) is 30.3 Å². The van der Waals surface area contributed by atoms with Crippen LogP contribution in [0.5, 0.6) is 0 Å². The second-order valence-corrected chi connectivity index (χ2v) is 9.37. The summed E-state index contributed by atoms with van der Waals surface area (Å²) < 4.78 is 11.2. The molecule has 106 valence electrons. The topological polar surface area (TPSA) is 35.5 Å². The van der Waals surface area contributed by atoms with Crippen LogP contribution in [0.25, 0.3) is 0 Å². The molecule has 0 N–H and O–H groups in total. The minimum atomic E-state index is -1.56. The van der Waals surface area contributed by atoms with Crippen molar-refractivity contribution in [1.82, 2.24) is 0 Å². The molecule has 0 saturated heterocycles. The molecule has 1 rings (SSSR count). The molecule has 3 nitrogen and oxygen atoms in total. The number of benzene rings is 1. The molecule has 0 aromatic heterocycles. The molecule has 0 saturated carbocycles. The van der Waals surface area contributed by atoms with Crippen LogP contribution in [-0.2, 0) is 9.16 Å². The van der Waals surface area contributed by atoms with Gasteiger partial charge in [-0.1, -0.05) is 39.0 Å². The summed E-state index contributed by atoms with van der Waals surface area (Å²) in [6, 6.07) is 12.4. The first-order valence-corrected chi connectivity index (χ1v) is 9.56. The third kappa shape index (κ3) is 4.80. The molecular formula is C15H24O3Si. The smallest absolute Gasteiger partial charge is 0.338 e. The highest BCUT2D eigenvalue weighted by Gasteiger charge is 2.28. The van der Waals surface area contributed by atoms with Crippen molar-refractivity contribution in [3.05, 3.63) is 35.9 Å². The van der Waals surface area contributed by atoms with Crippen LogP contribution in [0, 0.1) is 0 Å². The highest BCUT2D eigenvalue weighted by atomic mass is 28.4. The Morgan fingerprint density at radius 3 is 2.11 bits per heavy atom. The fourth-order valence-electron chi connectivity index (χ4n) is 2.11. The van der Waals surface area contributed by atoms with E-state index < -0.39 is 8.32 Å². The van der Waals surface area contributed by atoms with Crippen molar-refractivity contribution in [2.75, 3.05) is 13.2 Å². The zero-order valence-corrected chi connectivity index (χ0v) is 13.1. The molecule has 19 heavy (non-hydrogen) atoms. The second-order valence-electron chi connectivity index (χ2n) is 4.59. The van der Waals surface area contributed by atoms with Gasteiger partial charge in [-0.05, 0) is 30.3 Å². The van der Waals surface area contributed by atoms with Crippen LogP contribution in [0.2, 0.25) is 18.1 Å². The molecule has 1 aromatic carbocycles. The van der Waals surface area contributed by atoms with Gasteiger partial charge in [-0.2, -0.15) is 0 Å². The zero-order chi connectivity index (χ0) is 14.1. The van der Waals surface area contributed by atoms with Crippen LogP contribution in [-0.4, -0.2) is 27.5 Å². The number of hydrogen-bond acceptors (Lipinski definition) is 3. The van der Waals surface area contributed by atoms with E-state index in [0.717, 1.165) is 18.1 Å². The Morgan fingerprint density at radius 2 is 1.58 bits per heavy atom. The van der Waals surface area contributed by atoms with E-state index in [2.05, 4.69) is 20.8 Å². The molecule has 4 heteroatoms. The maximum atomic E-state index is 11.7. The summed E-state index contributed by atoms with van der Waals surface area (Å²) in [5.74, 6) is -0.277. The number of esters is 1. The molecule has 1 aromatic rings. The standard InChI is InChI=1S/C15H24O3Si/c1-4-19(5-2,6-3)18-13-12-17-15(16)14-10-8-7-9-11-14/h7-11H,4-6,12-13H2,1-3H3. The lowest BCUT2D eigenvalue weighted by atomic mass is 10.2. The molecule has 0 unspecified atom stereocenters. The Labute approximate surface area is 117 Å². The van der Waals surface area contributed by atoms with Gasteiger partial charge in [0.05, 0.1) is 12.2 Å². The van der Waals surface area contributed by atoms with E-state index in [0.29, 0.717) is 18.8 Å². The minimum absolute atomic E-state index is 0.277. The summed E-state index contributed by atoms with van der Waals surface area (Å²) in [5.41, 5.74) is 0.590. The van der Waals surface area contributed by atoms with Gasteiger partial charge >= 0.3 is 5.97 Å². The number of rotatable bonds is 8. The van der Waals surface area contributed by atoms with E-state index >= 15 is 0 Å². The van der Waals surface area contributed by atoms with Crippen LogP contribution < -0.4 is 0 Å². The summed E-state index contributed by atoms with van der Waals surface area (Å²) in [6.07, 6.45) is 0. The first-order valence-electron chi connectivity index (χ1n) is 7.03. The van der Waals surface area contributed by atoms with Crippen molar-refractivity contribution in [3.63, 3.8) is 0 Å². The van der Waals surface area contributed by atoms with Gasteiger partial charge in [0.25, 0.3) is 0 Å². The van der Waals surface area contributed by atoms with Gasteiger partial charge in [0.2, 0.25) is 0 Å². The Kier molecular flexibility index (Phi) is 6.81. The molecule has 0 aliphatic carbocycles. The van der Waals surface area contributed by atoms with Crippen molar-refractivity contribution >= 4 is 14.3 Å². The van der Waals surface area contributed by atoms with E-state index in [4.69, 9.17) is 9.16 Å². The largest absolute Gasteiger partial charge is 0.460 e. The fraction of sp³-hybridized carbons (Fsp3) is 0.533. The van der Waals surface area contributed by atoms with Gasteiger partial charge in [0, 0.05) is 0 Å². The summed E-state index contributed by atoms with van der Waals surface area (Å²) in [6.45, 7) is 7.42. The van der Waals surface area contributed by atoms with E-state index in [1.807, 2.05) is 18.2 Å². The lowest BCUT2D eigenvalue weighted by molar-refractivity contribution is 0.0443. The molecule has 0 spiro atoms. The van der Waals surface area contributed by atoms with Gasteiger partial charge in [0.15, 0.2) is 8.32 Å². The van der Waals surface area contributed by atoms with Gasteiger partial charge in [-0.15, -0.1) is 0 Å². The predicted octanol–water partition coefficient (Wildman–Crippen LogP) is 3.87. The summed E-state index contributed by atoms with van der Waals surface area (Å²) in [7, 11) is -1.56. The average molecular weight is 280 g/mol. The minimum Gasteiger partial charge on any atom is -0.460 e. The van der Waals surface area contributed by atoms with Crippen molar-refractivity contribution in [1.29, 1.82) is 0 Å². The maximum absolute atomic E-state index is 11.7. The van der Waals surface area contributed by atoms with Crippen LogP contribution in [0.4, 0.5) is 0 Å². The first kappa shape index (κ1) is 15.9. The lowest BCUT2D eigenvalue weighted by Gasteiger charge is -2.27. The molecule has 0 amide bonds. The molecule has 0 radical (unpaired) electrons. The number of carbonyl (C=O) groups is 1. The Morgan fingerprint density at radius 1 is 1.00 bits per heavy atom. The third-order valence-electron chi connectivity index (χ3n) is 3.67. The van der Waals surface area contributed by atoms with Gasteiger partial charge in [-0.3, -0.25) is 0 Å². The maximum Gasteiger partial charge on any atom is 0.338 e. The van der Waals surface area contributed by atoms with E-state index in [9.17, 15) is 4.79 Å². The first-order chi connectivity index (χ1) is 9.17. The van der Waals surface area contributed by atoms with Gasteiger partial charge in [0.1, 0.15) is 6.61 Å². The van der Waals surface area contributed by atoms with Crippen molar-refractivity contribution < 1.29 is 14.0 Å².